The van der Waals surface area contributed by atoms with Gasteiger partial charge < -0.3 is 15.4 Å². The molecule has 5 nitrogen and oxygen atoms in total. The number of nitrogens with one attached hydrogen (secondary N) is 2. The van der Waals surface area contributed by atoms with Gasteiger partial charge in [0.15, 0.2) is 0 Å². The van der Waals surface area contributed by atoms with E-state index in [1.165, 1.54) is 31.7 Å². The third kappa shape index (κ3) is 4.98. The minimum Gasteiger partial charge on any atom is -0.468 e. The van der Waals surface area contributed by atoms with Crippen molar-refractivity contribution in [1.29, 1.82) is 0 Å². The molecule has 2 rings (SSSR count). The van der Waals surface area contributed by atoms with Crippen LogP contribution in [-0.4, -0.2) is 49.1 Å². The summed E-state index contributed by atoms with van der Waals surface area (Å²) in [5.41, 5.74) is 0. The molecule has 0 aromatic rings. The van der Waals surface area contributed by atoms with E-state index >= 15 is 0 Å². The molecular formula is C14H24N2O3S. The first-order valence-electron chi connectivity index (χ1n) is 7.34. The first-order chi connectivity index (χ1) is 9.67. The second-order valence-corrected chi connectivity index (χ2v) is 6.76. The van der Waals surface area contributed by atoms with Crippen molar-refractivity contribution in [2.24, 2.45) is 5.92 Å². The molecule has 0 aromatic carbocycles. The molecule has 0 saturated carbocycles. The minimum atomic E-state index is -0.216. The SMILES string of the molecule is COC(=O)CSCCNC(=O)CC1CC2CCC(C1)N2. The van der Waals surface area contributed by atoms with Crippen LogP contribution in [0.5, 0.6) is 0 Å². The Labute approximate surface area is 124 Å². The number of piperidine rings is 1. The summed E-state index contributed by atoms with van der Waals surface area (Å²) >= 11 is 1.49. The summed E-state index contributed by atoms with van der Waals surface area (Å²) in [7, 11) is 1.39. The number of rotatable bonds is 7. The van der Waals surface area contributed by atoms with Gasteiger partial charge >= 0.3 is 5.97 Å². The van der Waals surface area contributed by atoms with Crippen molar-refractivity contribution in [2.45, 2.75) is 44.2 Å². The summed E-state index contributed by atoms with van der Waals surface area (Å²) in [4.78, 5) is 22.8. The predicted octanol–water partition coefficient (Wildman–Crippen LogP) is 0.929. The molecule has 20 heavy (non-hydrogen) atoms. The smallest absolute Gasteiger partial charge is 0.315 e. The van der Waals surface area contributed by atoms with E-state index < -0.39 is 0 Å². The van der Waals surface area contributed by atoms with Gasteiger partial charge in [-0.05, 0) is 31.6 Å². The van der Waals surface area contributed by atoms with Crippen molar-refractivity contribution in [3.05, 3.63) is 0 Å². The summed E-state index contributed by atoms with van der Waals surface area (Å²) in [5, 5.41) is 6.53. The van der Waals surface area contributed by atoms with Crippen molar-refractivity contribution in [3.63, 3.8) is 0 Å². The van der Waals surface area contributed by atoms with Crippen LogP contribution in [0.2, 0.25) is 0 Å². The molecule has 2 aliphatic heterocycles. The van der Waals surface area contributed by atoms with Gasteiger partial charge in [-0.2, -0.15) is 0 Å². The minimum absolute atomic E-state index is 0.148. The van der Waals surface area contributed by atoms with Crippen LogP contribution in [0.3, 0.4) is 0 Å². The summed E-state index contributed by atoms with van der Waals surface area (Å²) in [6.45, 7) is 0.623. The molecule has 0 spiro atoms. The Morgan fingerprint density at radius 1 is 1.30 bits per heavy atom. The standard InChI is InChI=1S/C14H24N2O3S/c1-19-14(18)9-20-5-4-15-13(17)8-10-6-11-2-3-12(7-10)16-11/h10-12,16H,2-9H2,1H3,(H,15,17). The van der Waals surface area contributed by atoms with Crippen LogP contribution in [0.4, 0.5) is 0 Å². The van der Waals surface area contributed by atoms with Gasteiger partial charge in [0.05, 0.1) is 12.9 Å². The van der Waals surface area contributed by atoms with E-state index in [2.05, 4.69) is 15.4 Å². The number of methoxy groups -OCH3 is 1. The Morgan fingerprint density at radius 2 is 2.00 bits per heavy atom. The molecule has 114 valence electrons. The Bertz CT molecular complexity index is 339. The maximum absolute atomic E-state index is 11.9. The summed E-state index contributed by atoms with van der Waals surface area (Å²) in [6.07, 6.45) is 5.47. The molecule has 0 radical (unpaired) electrons. The van der Waals surface area contributed by atoms with Gasteiger partial charge in [0, 0.05) is 30.8 Å². The average molecular weight is 300 g/mol. The first-order valence-corrected chi connectivity index (χ1v) is 8.50. The fraction of sp³-hybridized carbons (Fsp3) is 0.857. The second kappa shape index (κ2) is 7.88. The second-order valence-electron chi connectivity index (χ2n) is 5.66. The van der Waals surface area contributed by atoms with Crippen LogP contribution in [-0.2, 0) is 14.3 Å². The fourth-order valence-corrected chi connectivity index (χ4v) is 3.83. The zero-order valence-corrected chi connectivity index (χ0v) is 12.8. The normalized spacial score (nSPS) is 28.1. The molecule has 0 aliphatic carbocycles. The van der Waals surface area contributed by atoms with Crippen LogP contribution in [0.25, 0.3) is 0 Å². The molecule has 2 saturated heterocycles. The topological polar surface area (TPSA) is 67.4 Å². The lowest BCUT2D eigenvalue weighted by Crippen LogP contribution is -2.39. The lowest BCUT2D eigenvalue weighted by molar-refractivity contribution is -0.137. The largest absolute Gasteiger partial charge is 0.468 e. The molecule has 2 atom stereocenters. The molecule has 2 aliphatic rings. The lowest BCUT2D eigenvalue weighted by atomic mass is 9.89. The summed E-state index contributed by atoms with van der Waals surface area (Å²) in [5.74, 6) is 1.57. The van der Waals surface area contributed by atoms with Gasteiger partial charge in [-0.1, -0.05) is 0 Å². The first kappa shape index (κ1) is 15.6. The molecule has 2 N–H and O–H groups in total. The van der Waals surface area contributed by atoms with E-state index in [-0.39, 0.29) is 11.9 Å². The monoisotopic (exact) mass is 300 g/mol. The molecule has 2 bridgehead atoms. The zero-order chi connectivity index (χ0) is 14.4. The highest BCUT2D eigenvalue weighted by Gasteiger charge is 2.33. The number of carbonyl (C=O) groups is 2. The van der Waals surface area contributed by atoms with E-state index in [1.807, 2.05) is 0 Å². The third-order valence-corrected chi connectivity index (χ3v) is 4.99. The Balaban J connectivity index is 1.53. The number of esters is 1. The zero-order valence-electron chi connectivity index (χ0n) is 12.0. The van der Waals surface area contributed by atoms with Crippen LogP contribution in [0.15, 0.2) is 0 Å². The Hall–Kier alpha value is -0.750. The number of hydrogen-bond acceptors (Lipinski definition) is 5. The quantitative estimate of drug-likeness (QED) is 0.541. The third-order valence-electron chi connectivity index (χ3n) is 4.06. The molecule has 6 heteroatoms. The van der Waals surface area contributed by atoms with Crippen LogP contribution < -0.4 is 10.6 Å². The average Bonchev–Trinajstić information content (AvgIpc) is 2.77. The number of hydrogen-bond donors (Lipinski definition) is 2. The Kier molecular flexibility index (Phi) is 6.16. The summed E-state index contributed by atoms with van der Waals surface area (Å²) in [6, 6.07) is 1.28. The van der Waals surface area contributed by atoms with Crippen molar-refractivity contribution in [1.82, 2.24) is 10.6 Å². The molecule has 2 unspecified atom stereocenters. The lowest BCUT2D eigenvalue weighted by Gasteiger charge is -2.28. The molecule has 1 amide bonds. The highest BCUT2D eigenvalue weighted by molar-refractivity contribution is 7.99. The van der Waals surface area contributed by atoms with Gasteiger partial charge in [0.25, 0.3) is 0 Å². The molecular weight excluding hydrogens is 276 g/mol. The number of carbonyl (C=O) groups excluding carboxylic acids is 2. The number of thioether (sulfide) groups is 1. The molecule has 2 heterocycles. The molecule has 0 aromatic heterocycles. The maximum atomic E-state index is 11.9. The van der Waals surface area contributed by atoms with E-state index in [1.54, 1.807) is 0 Å². The van der Waals surface area contributed by atoms with Gasteiger partial charge in [-0.15, -0.1) is 11.8 Å². The van der Waals surface area contributed by atoms with E-state index in [9.17, 15) is 9.59 Å². The highest BCUT2D eigenvalue weighted by Crippen LogP contribution is 2.32. The highest BCUT2D eigenvalue weighted by atomic mass is 32.2. The van der Waals surface area contributed by atoms with E-state index in [4.69, 9.17) is 0 Å². The summed E-state index contributed by atoms with van der Waals surface area (Å²) < 4.78 is 4.55. The van der Waals surface area contributed by atoms with Gasteiger partial charge in [0.2, 0.25) is 5.91 Å². The van der Waals surface area contributed by atoms with Gasteiger partial charge in [0.1, 0.15) is 0 Å². The Morgan fingerprint density at radius 3 is 2.65 bits per heavy atom. The van der Waals surface area contributed by atoms with Crippen molar-refractivity contribution in [3.8, 4) is 0 Å². The van der Waals surface area contributed by atoms with Crippen LogP contribution in [0.1, 0.15) is 32.1 Å². The van der Waals surface area contributed by atoms with Gasteiger partial charge in [-0.25, -0.2) is 0 Å². The maximum Gasteiger partial charge on any atom is 0.315 e. The number of amides is 1. The van der Waals surface area contributed by atoms with E-state index in [0.29, 0.717) is 36.7 Å². The van der Waals surface area contributed by atoms with Crippen LogP contribution >= 0.6 is 11.8 Å². The van der Waals surface area contributed by atoms with Crippen molar-refractivity contribution in [2.75, 3.05) is 25.2 Å². The fourth-order valence-electron chi connectivity index (χ4n) is 3.15. The number of fused-ring (bicyclic) bond motifs is 2. The van der Waals surface area contributed by atoms with E-state index in [0.717, 1.165) is 18.6 Å². The predicted molar refractivity (Wildman–Crippen MR) is 79.6 cm³/mol. The van der Waals surface area contributed by atoms with Gasteiger partial charge in [-0.3, -0.25) is 9.59 Å². The van der Waals surface area contributed by atoms with Crippen molar-refractivity contribution >= 4 is 23.6 Å². The van der Waals surface area contributed by atoms with Crippen molar-refractivity contribution < 1.29 is 14.3 Å². The molecule has 2 fully saturated rings. The van der Waals surface area contributed by atoms with Crippen LogP contribution in [0, 0.1) is 5.92 Å². The number of ether oxygens (including phenoxy) is 1.